The zero-order valence-electron chi connectivity index (χ0n) is 26.8. The summed E-state index contributed by atoms with van der Waals surface area (Å²) in [4.78, 5) is 16.9. The fourth-order valence-corrected chi connectivity index (χ4v) is 4.84. The highest BCUT2D eigenvalue weighted by Crippen LogP contribution is 2.31. The molecule has 9 nitrogen and oxygen atoms in total. The summed E-state index contributed by atoms with van der Waals surface area (Å²) in [6.07, 6.45) is -4.41. The molecule has 3 N–H and O–H groups in total. The minimum Gasteiger partial charge on any atom is -0.492 e. The molecule has 12 heteroatoms. The number of hydrogen-bond acceptors (Lipinski definition) is 7. The van der Waals surface area contributed by atoms with Crippen LogP contribution in [0, 0.1) is 0 Å². The Labute approximate surface area is 282 Å². The van der Waals surface area contributed by atoms with Crippen LogP contribution in [0.1, 0.15) is 27.2 Å². The van der Waals surface area contributed by atoms with E-state index in [1.54, 1.807) is 42.5 Å². The number of aromatic nitrogens is 2. The number of hydrogen-bond donors (Lipinski definition) is 3. The predicted octanol–water partition coefficient (Wildman–Crippen LogP) is 6.02. The van der Waals surface area contributed by atoms with Crippen molar-refractivity contribution in [3.63, 3.8) is 0 Å². The van der Waals surface area contributed by atoms with E-state index in [0.717, 1.165) is 17.3 Å². The van der Waals surface area contributed by atoms with E-state index in [0.29, 0.717) is 48.1 Å². The van der Waals surface area contributed by atoms with Crippen LogP contribution in [0.15, 0.2) is 109 Å². The minimum atomic E-state index is -4.52. The van der Waals surface area contributed by atoms with Gasteiger partial charge in [0.1, 0.15) is 49.0 Å². The lowest BCUT2D eigenvalue weighted by Crippen LogP contribution is -2.33. The van der Waals surface area contributed by atoms with Crippen LogP contribution < -0.4 is 24.8 Å². The molecular formula is C37H37F3N4O5. The van der Waals surface area contributed by atoms with Crippen LogP contribution in [0.5, 0.6) is 17.2 Å². The Kier molecular flexibility index (Phi) is 11.9. The van der Waals surface area contributed by atoms with Crippen molar-refractivity contribution in [3.8, 4) is 28.6 Å². The Hall–Kier alpha value is -5.33. The molecule has 0 saturated carbocycles. The number of amides is 1. The van der Waals surface area contributed by atoms with E-state index >= 15 is 0 Å². The van der Waals surface area contributed by atoms with E-state index in [1.165, 1.54) is 11.6 Å². The largest absolute Gasteiger partial charge is 0.492 e. The smallest absolute Gasteiger partial charge is 0.434 e. The number of alkyl halides is 3. The van der Waals surface area contributed by atoms with Gasteiger partial charge in [-0.05, 0) is 53.6 Å². The normalized spacial score (nSPS) is 11.9. The molecule has 5 rings (SSSR count). The van der Waals surface area contributed by atoms with Gasteiger partial charge in [-0.15, -0.1) is 0 Å². The quantitative estimate of drug-likeness (QED) is 0.110. The molecule has 1 amide bonds. The van der Waals surface area contributed by atoms with E-state index in [1.807, 2.05) is 60.7 Å². The van der Waals surface area contributed by atoms with Crippen molar-refractivity contribution in [2.75, 3.05) is 26.3 Å². The maximum Gasteiger partial charge on any atom is 0.434 e. The average Bonchev–Trinajstić information content (AvgIpc) is 3.52. The maximum absolute atomic E-state index is 13.2. The summed E-state index contributed by atoms with van der Waals surface area (Å²) < 4.78 is 57.8. The van der Waals surface area contributed by atoms with Crippen LogP contribution in [0.4, 0.5) is 13.2 Å². The van der Waals surface area contributed by atoms with Gasteiger partial charge in [-0.1, -0.05) is 60.7 Å². The van der Waals surface area contributed by atoms with E-state index in [4.69, 9.17) is 14.2 Å². The lowest BCUT2D eigenvalue weighted by atomic mass is 10.1. The summed E-state index contributed by atoms with van der Waals surface area (Å²) in [7, 11) is 1.50. The highest BCUT2D eigenvalue weighted by atomic mass is 19.4. The van der Waals surface area contributed by atoms with E-state index in [9.17, 15) is 23.1 Å². The van der Waals surface area contributed by atoms with Gasteiger partial charge in [-0.2, -0.15) is 13.2 Å². The predicted molar refractivity (Wildman–Crippen MR) is 178 cm³/mol. The number of rotatable bonds is 16. The molecule has 0 aliphatic heterocycles. The summed E-state index contributed by atoms with van der Waals surface area (Å²) in [5, 5.41) is 16.4. The second kappa shape index (κ2) is 16.7. The number of aryl methyl sites for hydroxylation is 1. The van der Waals surface area contributed by atoms with Crippen molar-refractivity contribution in [1.29, 1.82) is 0 Å². The number of aliphatic hydroxyl groups is 1. The Morgan fingerprint density at radius 2 is 1.55 bits per heavy atom. The van der Waals surface area contributed by atoms with Crippen LogP contribution >= 0.6 is 0 Å². The van der Waals surface area contributed by atoms with Gasteiger partial charge in [0.25, 0.3) is 5.91 Å². The minimum absolute atomic E-state index is 0.000271. The molecular weight excluding hydrogens is 637 g/mol. The first-order chi connectivity index (χ1) is 23.7. The average molecular weight is 675 g/mol. The molecule has 256 valence electrons. The fraction of sp³-hybridized carbons (Fsp3) is 0.243. The van der Waals surface area contributed by atoms with Crippen molar-refractivity contribution in [2.24, 2.45) is 7.05 Å². The molecule has 1 aromatic heterocycles. The summed E-state index contributed by atoms with van der Waals surface area (Å²) in [5.41, 5.74) is 1.84. The molecule has 1 atom stereocenters. The van der Waals surface area contributed by atoms with Crippen LogP contribution in [0.3, 0.4) is 0 Å². The van der Waals surface area contributed by atoms with Crippen LogP contribution in [-0.2, 0) is 26.4 Å². The number of halogens is 3. The van der Waals surface area contributed by atoms with E-state index in [2.05, 4.69) is 15.6 Å². The summed E-state index contributed by atoms with van der Waals surface area (Å²) >= 11 is 0. The van der Waals surface area contributed by atoms with Gasteiger partial charge in [0.15, 0.2) is 5.69 Å². The molecule has 0 aliphatic rings. The van der Waals surface area contributed by atoms with E-state index in [-0.39, 0.29) is 31.5 Å². The molecule has 49 heavy (non-hydrogen) atoms. The van der Waals surface area contributed by atoms with Gasteiger partial charge in [-0.25, -0.2) is 4.98 Å². The lowest BCUT2D eigenvalue weighted by molar-refractivity contribution is -0.140. The number of benzene rings is 4. The molecule has 0 spiro atoms. The molecule has 1 unspecified atom stereocenters. The molecule has 5 aromatic rings. The summed E-state index contributed by atoms with van der Waals surface area (Å²) in [5.74, 6) is 1.27. The van der Waals surface area contributed by atoms with Gasteiger partial charge < -0.3 is 34.5 Å². The van der Waals surface area contributed by atoms with Crippen LogP contribution in [-0.4, -0.2) is 53.0 Å². The number of carbonyl (C=O) groups is 1. The van der Waals surface area contributed by atoms with Crippen molar-refractivity contribution in [3.05, 3.63) is 132 Å². The van der Waals surface area contributed by atoms with E-state index < -0.39 is 18.0 Å². The second-order valence-corrected chi connectivity index (χ2v) is 11.2. The molecule has 0 fully saturated rings. The third-order valence-electron chi connectivity index (χ3n) is 7.38. The first-order valence-corrected chi connectivity index (χ1v) is 15.6. The zero-order valence-corrected chi connectivity index (χ0v) is 26.8. The number of ether oxygens (including phenoxy) is 3. The maximum atomic E-state index is 13.2. The lowest BCUT2D eigenvalue weighted by Gasteiger charge is -2.15. The first kappa shape index (κ1) is 35.0. The summed E-state index contributed by atoms with van der Waals surface area (Å²) in [6, 6.07) is 30.8. The SMILES string of the molecule is Cn1cc(C(F)(F)F)nc1-c1ccc(OCC(O)CNCCOc2ccc(OCc3ccccc3)c(C(=O)NCc3ccccc3)c2)cc1. The van der Waals surface area contributed by atoms with Gasteiger partial charge >= 0.3 is 6.18 Å². The highest BCUT2D eigenvalue weighted by molar-refractivity contribution is 5.97. The van der Waals surface area contributed by atoms with Crippen LogP contribution in [0.25, 0.3) is 11.4 Å². The molecule has 0 bridgehead atoms. The number of aliphatic hydroxyl groups excluding tert-OH is 1. The number of imidazole rings is 1. The zero-order chi connectivity index (χ0) is 34.6. The number of nitrogens with one attached hydrogen (secondary N) is 2. The van der Waals surface area contributed by atoms with Crippen molar-refractivity contribution in [1.82, 2.24) is 20.2 Å². The summed E-state index contributed by atoms with van der Waals surface area (Å²) in [6.45, 7) is 1.58. The van der Waals surface area contributed by atoms with Gasteiger partial charge in [0.2, 0.25) is 0 Å². The van der Waals surface area contributed by atoms with Crippen LogP contribution in [0.2, 0.25) is 0 Å². The Morgan fingerprint density at radius 3 is 2.22 bits per heavy atom. The standard InChI is InChI=1S/C37H37F3N4O5/c1-44-23-34(37(38,39)40)43-35(44)28-12-14-30(15-13-28)48-25-29(45)22-41-18-19-47-31-16-17-33(49-24-27-10-6-3-7-11-27)32(20-31)36(46)42-21-26-8-4-2-5-9-26/h2-17,20,23,29,41,45H,18-19,21-22,24-25H2,1H3,(H,42,46). The Morgan fingerprint density at radius 1 is 0.878 bits per heavy atom. The Balaban J connectivity index is 1.07. The third kappa shape index (κ3) is 10.3. The Bertz CT molecular complexity index is 1780. The topological polar surface area (TPSA) is 107 Å². The van der Waals surface area contributed by atoms with Crippen molar-refractivity contribution in [2.45, 2.75) is 25.4 Å². The third-order valence-corrected chi connectivity index (χ3v) is 7.38. The van der Waals surface area contributed by atoms with Crippen molar-refractivity contribution < 1.29 is 37.3 Å². The molecule has 1 heterocycles. The second-order valence-electron chi connectivity index (χ2n) is 11.2. The number of nitrogens with zero attached hydrogens (tertiary/aromatic N) is 2. The van der Waals surface area contributed by atoms with Gasteiger partial charge in [0.05, 0.1) is 5.56 Å². The van der Waals surface area contributed by atoms with Gasteiger partial charge in [-0.3, -0.25) is 4.79 Å². The molecule has 0 aliphatic carbocycles. The van der Waals surface area contributed by atoms with Gasteiger partial charge in [0, 0.05) is 38.4 Å². The number of carbonyl (C=O) groups excluding carboxylic acids is 1. The fourth-order valence-electron chi connectivity index (χ4n) is 4.84. The highest BCUT2D eigenvalue weighted by Gasteiger charge is 2.34. The van der Waals surface area contributed by atoms with Crippen molar-refractivity contribution >= 4 is 5.91 Å². The molecule has 0 saturated heterocycles. The molecule has 0 radical (unpaired) electrons. The molecule has 4 aromatic carbocycles. The first-order valence-electron chi connectivity index (χ1n) is 15.6. The monoisotopic (exact) mass is 674 g/mol.